The Kier molecular flexibility index (Phi) is 5.17. The third-order valence-electron chi connectivity index (χ3n) is 4.56. The Bertz CT molecular complexity index is 1140. The summed E-state index contributed by atoms with van der Waals surface area (Å²) in [6.07, 6.45) is -4.56. The van der Waals surface area contributed by atoms with E-state index in [1.54, 1.807) is 12.1 Å². The van der Waals surface area contributed by atoms with E-state index >= 15 is 0 Å². The molecule has 0 amide bonds. The zero-order valence-corrected chi connectivity index (χ0v) is 17.9. The lowest BCUT2D eigenvalue weighted by atomic mass is 9.87. The molecule has 3 aromatic rings. The van der Waals surface area contributed by atoms with Gasteiger partial charge in [-0.05, 0) is 41.3 Å². The number of alkyl halides is 4. The van der Waals surface area contributed by atoms with Gasteiger partial charge in [-0.2, -0.15) is 13.2 Å². The van der Waals surface area contributed by atoms with Crippen LogP contribution in [0.4, 0.5) is 13.2 Å². The van der Waals surface area contributed by atoms with E-state index < -0.39 is 21.6 Å². The van der Waals surface area contributed by atoms with E-state index in [1.807, 2.05) is 26.8 Å². The molecule has 0 unspecified atom stereocenters. The van der Waals surface area contributed by atoms with Gasteiger partial charge in [0.1, 0.15) is 4.90 Å². The predicted octanol–water partition coefficient (Wildman–Crippen LogP) is 6.21. The number of aromatic amines is 1. The van der Waals surface area contributed by atoms with E-state index in [4.69, 9.17) is 0 Å². The zero-order chi connectivity index (χ0) is 20.9. The highest BCUT2D eigenvalue weighted by molar-refractivity contribution is 9.08. The summed E-state index contributed by atoms with van der Waals surface area (Å²) in [5.74, 6) is 0. The zero-order valence-electron chi connectivity index (χ0n) is 15.5. The van der Waals surface area contributed by atoms with Gasteiger partial charge in [-0.15, -0.1) is 0 Å². The van der Waals surface area contributed by atoms with E-state index in [0.29, 0.717) is 11.2 Å². The number of sulfone groups is 1. The third kappa shape index (κ3) is 3.72. The largest absolute Gasteiger partial charge is 0.416 e. The minimum Gasteiger partial charge on any atom is -0.357 e. The molecule has 3 rings (SSSR count). The molecule has 0 aliphatic heterocycles. The van der Waals surface area contributed by atoms with Gasteiger partial charge in [0.2, 0.25) is 9.84 Å². The molecule has 0 aliphatic carbocycles. The molecule has 0 radical (unpaired) electrons. The highest BCUT2D eigenvalue weighted by Gasteiger charge is 2.33. The second kappa shape index (κ2) is 6.91. The van der Waals surface area contributed by atoms with Crippen LogP contribution in [0.25, 0.3) is 10.9 Å². The van der Waals surface area contributed by atoms with Crippen LogP contribution in [-0.2, 0) is 26.8 Å². The van der Waals surface area contributed by atoms with Crippen molar-refractivity contribution in [1.82, 2.24) is 4.98 Å². The van der Waals surface area contributed by atoms with Gasteiger partial charge in [-0.1, -0.05) is 48.8 Å². The predicted molar refractivity (Wildman–Crippen MR) is 107 cm³/mol. The van der Waals surface area contributed by atoms with Crippen molar-refractivity contribution in [3.8, 4) is 0 Å². The molecule has 0 saturated carbocycles. The van der Waals surface area contributed by atoms with Crippen LogP contribution >= 0.6 is 15.9 Å². The van der Waals surface area contributed by atoms with Crippen molar-refractivity contribution in [1.29, 1.82) is 0 Å². The number of nitrogens with one attached hydrogen (secondary N) is 1. The van der Waals surface area contributed by atoms with Crippen LogP contribution in [0.2, 0.25) is 0 Å². The second-order valence-corrected chi connectivity index (χ2v) is 10.1. The van der Waals surface area contributed by atoms with E-state index in [9.17, 15) is 21.6 Å². The Hall–Kier alpha value is -1.80. The molecule has 1 N–H and O–H groups in total. The van der Waals surface area contributed by atoms with Gasteiger partial charge in [-0.25, -0.2) is 8.42 Å². The van der Waals surface area contributed by atoms with E-state index in [1.165, 1.54) is 12.1 Å². The van der Waals surface area contributed by atoms with E-state index in [0.717, 1.165) is 17.7 Å². The number of aromatic nitrogens is 1. The number of rotatable bonds is 3. The van der Waals surface area contributed by atoms with Gasteiger partial charge in [0.15, 0.2) is 0 Å². The maximum atomic E-state index is 13.4. The number of halogens is 4. The Morgan fingerprint density at radius 3 is 2.25 bits per heavy atom. The van der Waals surface area contributed by atoms with E-state index in [2.05, 4.69) is 20.9 Å². The molecular formula is C20H19BrF3NO2S. The van der Waals surface area contributed by atoms with Gasteiger partial charge in [0.25, 0.3) is 0 Å². The summed E-state index contributed by atoms with van der Waals surface area (Å²) in [5, 5.41) is 0.196. The molecular weight excluding hydrogens is 455 g/mol. The Balaban J connectivity index is 2.29. The maximum absolute atomic E-state index is 13.4. The average molecular weight is 474 g/mol. The number of H-pyrrole nitrogens is 1. The van der Waals surface area contributed by atoms with Crippen molar-refractivity contribution in [2.75, 3.05) is 0 Å². The first-order chi connectivity index (χ1) is 12.9. The van der Waals surface area contributed by atoms with Crippen molar-refractivity contribution in [3.05, 3.63) is 59.3 Å². The van der Waals surface area contributed by atoms with Gasteiger partial charge >= 0.3 is 6.18 Å². The van der Waals surface area contributed by atoms with Gasteiger partial charge in [0, 0.05) is 21.9 Å². The number of benzene rings is 2. The molecule has 2 aromatic carbocycles. The lowest BCUT2D eigenvalue weighted by molar-refractivity contribution is -0.137. The molecule has 150 valence electrons. The van der Waals surface area contributed by atoms with Crippen LogP contribution in [0.3, 0.4) is 0 Å². The molecule has 8 heteroatoms. The molecule has 0 bridgehead atoms. The molecule has 0 atom stereocenters. The SMILES string of the molecule is CC(C)(C)c1cccc(S(=O)(=O)c2c(CBr)[nH]c3ccc(C(F)(F)F)cc23)c1. The number of hydrogen-bond donors (Lipinski definition) is 1. The normalized spacial score (nSPS) is 13.2. The van der Waals surface area contributed by atoms with Crippen LogP contribution < -0.4 is 0 Å². The maximum Gasteiger partial charge on any atom is 0.416 e. The molecule has 0 saturated heterocycles. The standard InChI is InChI=1S/C20H19BrF3NO2S/c1-19(2,3)12-5-4-6-14(9-12)28(26,27)18-15-10-13(20(22,23)24)7-8-16(15)25-17(18)11-21/h4-10,25H,11H2,1-3H3. The van der Waals surface area contributed by atoms with Crippen molar-refractivity contribution in [2.45, 2.75) is 47.5 Å². The summed E-state index contributed by atoms with van der Waals surface area (Å²) in [4.78, 5) is 2.85. The summed E-state index contributed by atoms with van der Waals surface area (Å²) >= 11 is 3.24. The molecule has 0 aliphatic rings. The Morgan fingerprint density at radius 2 is 1.68 bits per heavy atom. The van der Waals surface area contributed by atoms with Crippen LogP contribution in [0, 0.1) is 0 Å². The summed E-state index contributed by atoms with van der Waals surface area (Å²) in [7, 11) is -4.04. The summed E-state index contributed by atoms with van der Waals surface area (Å²) < 4.78 is 66.3. The van der Waals surface area contributed by atoms with E-state index in [-0.39, 0.29) is 25.9 Å². The minimum absolute atomic E-state index is 0.0328. The Labute approximate surface area is 170 Å². The van der Waals surface area contributed by atoms with Crippen molar-refractivity contribution < 1.29 is 21.6 Å². The smallest absolute Gasteiger partial charge is 0.357 e. The molecule has 0 fully saturated rings. The molecule has 1 heterocycles. The van der Waals surface area contributed by atoms with Crippen LogP contribution in [-0.4, -0.2) is 13.4 Å². The monoisotopic (exact) mass is 473 g/mol. The van der Waals surface area contributed by atoms with Gasteiger partial charge < -0.3 is 4.98 Å². The second-order valence-electron chi connectivity index (χ2n) is 7.61. The Morgan fingerprint density at radius 1 is 1.00 bits per heavy atom. The molecule has 0 spiro atoms. The fraction of sp³-hybridized carbons (Fsp3) is 0.300. The van der Waals surface area contributed by atoms with Gasteiger partial charge in [-0.3, -0.25) is 0 Å². The topological polar surface area (TPSA) is 49.9 Å². The lowest BCUT2D eigenvalue weighted by Gasteiger charge is -2.19. The number of fused-ring (bicyclic) bond motifs is 1. The minimum atomic E-state index is -4.56. The third-order valence-corrected chi connectivity index (χ3v) is 7.00. The van der Waals surface area contributed by atoms with Crippen LogP contribution in [0.1, 0.15) is 37.6 Å². The highest BCUT2D eigenvalue weighted by atomic mass is 79.9. The van der Waals surface area contributed by atoms with Gasteiger partial charge in [0.05, 0.1) is 10.5 Å². The van der Waals surface area contributed by atoms with Crippen molar-refractivity contribution in [3.63, 3.8) is 0 Å². The van der Waals surface area contributed by atoms with Crippen molar-refractivity contribution in [2.24, 2.45) is 0 Å². The average Bonchev–Trinajstić information content (AvgIpc) is 2.98. The van der Waals surface area contributed by atoms with Crippen LogP contribution in [0.15, 0.2) is 52.3 Å². The fourth-order valence-corrected chi connectivity index (χ4v) is 5.34. The lowest BCUT2D eigenvalue weighted by Crippen LogP contribution is -2.12. The molecule has 28 heavy (non-hydrogen) atoms. The summed E-state index contributed by atoms with van der Waals surface area (Å²) in [6.45, 7) is 5.89. The first-order valence-corrected chi connectivity index (χ1v) is 11.1. The first-order valence-electron chi connectivity index (χ1n) is 8.49. The van der Waals surface area contributed by atoms with Crippen molar-refractivity contribution >= 4 is 36.7 Å². The quantitative estimate of drug-likeness (QED) is 0.459. The molecule has 1 aromatic heterocycles. The first kappa shape index (κ1) is 20.9. The fourth-order valence-electron chi connectivity index (χ4n) is 3.05. The van der Waals surface area contributed by atoms with Crippen LogP contribution in [0.5, 0.6) is 0 Å². The highest BCUT2D eigenvalue weighted by Crippen LogP contribution is 2.38. The summed E-state index contributed by atoms with van der Waals surface area (Å²) in [6, 6.07) is 9.62. The summed E-state index contributed by atoms with van der Waals surface area (Å²) in [5.41, 5.74) is 0.321. The molecule has 3 nitrogen and oxygen atoms in total. The number of hydrogen-bond acceptors (Lipinski definition) is 2.